The molecule has 2 amide bonds. The number of aromatic nitrogens is 1. The van der Waals surface area contributed by atoms with E-state index in [1.54, 1.807) is 17.3 Å². The number of nitrogens with zero attached hydrogens (tertiary/aromatic N) is 3. The second-order valence-electron chi connectivity index (χ2n) is 4.51. The molecule has 17 heavy (non-hydrogen) atoms. The van der Waals surface area contributed by atoms with Crippen molar-refractivity contribution in [1.82, 2.24) is 14.8 Å². The summed E-state index contributed by atoms with van der Waals surface area (Å²) >= 11 is 0. The first kappa shape index (κ1) is 11.9. The second-order valence-corrected chi connectivity index (χ2v) is 4.51. The van der Waals surface area contributed by atoms with E-state index in [0.29, 0.717) is 19.0 Å². The normalized spacial score (nSPS) is 20.8. The summed E-state index contributed by atoms with van der Waals surface area (Å²) in [6.45, 7) is 2.70. The summed E-state index contributed by atoms with van der Waals surface area (Å²) < 4.78 is 0. The van der Waals surface area contributed by atoms with E-state index in [0.717, 1.165) is 18.7 Å². The predicted octanol–water partition coefficient (Wildman–Crippen LogP) is 0.524. The van der Waals surface area contributed by atoms with Crippen LogP contribution in [0.3, 0.4) is 0 Å². The van der Waals surface area contributed by atoms with Crippen molar-refractivity contribution < 1.29 is 4.79 Å². The lowest BCUT2D eigenvalue weighted by molar-refractivity contribution is 0.114. The van der Waals surface area contributed by atoms with E-state index < -0.39 is 0 Å². The van der Waals surface area contributed by atoms with Crippen LogP contribution >= 0.6 is 0 Å². The summed E-state index contributed by atoms with van der Waals surface area (Å²) in [6.07, 6.45) is 3.52. The van der Waals surface area contributed by atoms with Gasteiger partial charge in [-0.2, -0.15) is 0 Å². The largest absolute Gasteiger partial charge is 0.330 e. The van der Waals surface area contributed by atoms with E-state index in [4.69, 9.17) is 5.73 Å². The van der Waals surface area contributed by atoms with E-state index >= 15 is 0 Å². The fraction of sp³-hybridized carbons (Fsp3) is 0.500. The molecule has 0 aliphatic carbocycles. The Morgan fingerprint density at radius 2 is 2.35 bits per heavy atom. The third-order valence-corrected chi connectivity index (χ3v) is 3.04. The monoisotopic (exact) mass is 234 g/mol. The topological polar surface area (TPSA) is 62.5 Å². The van der Waals surface area contributed by atoms with Gasteiger partial charge in [0.15, 0.2) is 0 Å². The predicted molar refractivity (Wildman–Crippen MR) is 65.2 cm³/mol. The maximum absolute atomic E-state index is 12.0. The molecule has 2 heterocycles. The zero-order chi connectivity index (χ0) is 12.3. The molecule has 1 saturated heterocycles. The van der Waals surface area contributed by atoms with Gasteiger partial charge < -0.3 is 15.5 Å². The van der Waals surface area contributed by atoms with Crippen molar-refractivity contribution in [2.24, 2.45) is 11.7 Å². The third kappa shape index (κ3) is 2.74. The lowest BCUT2D eigenvalue weighted by atomic mass is 10.1. The fourth-order valence-electron chi connectivity index (χ4n) is 2.15. The second kappa shape index (κ2) is 5.14. The number of urea groups is 1. The zero-order valence-electron chi connectivity index (χ0n) is 10.0. The quantitative estimate of drug-likeness (QED) is 0.829. The van der Waals surface area contributed by atoms with Gasteiger partial charge in [0.25, 0.3) is 0 Å². The lowest BCUT2D eigenvalue weighted by Gasteiger charge is -2.38. The van der Waals surface area contributed by atoms with E-state index in [1.165, 1.54) is 0 Å². The molecule has 5 heteroatoms. The number of carbonyl (C=O) groups is 1. The highest BCUT2D eigenvalue weighted by atomic mass is 16.2. The molecule has 2 rings (SSSR count). The highest BCUT2D eigenvalue weighted by Crippen LogP contribution is 2.15. The van der Waals surface area contributed by atoms with Crippen LogP contribution in [0.5, 0.6) is 0 Å². The molecule has 92 valence electrons. The first-order valence-corrected chi connectivity index (χ1v) is 5.79. The molecule has 1 fully saturated rings. The Morgan fingerprint density at radius 3 is 3.00 bits per heavy atom. The number of hydrogen-bond acceptors (Lipinski definition) is 3. The third-order valence-electron chi connectivity index (χ3n) is 3.04. The maximum Gasteiger partial charge on any atom is 0.320 e. The fourth-order valence-corrected chi connectivity index (χ4v) is 2.15. The van der Waals surface area contributed by atoms with Crippen molar-refractivity contribution in [2.45, 2.75) is 6.54 Å². The summed E-state index contributed by atoms with van der Waals surface area (Å²) in [5.41, 5.74) is 6.74. The number of rotatable bonds is 3. The molecule has 1 atom stereocenters. The van der Waals surface area contributed by atoms with E-state index in [9.17, 15) is 4.79 Å². The van der Waals surface area contributed by atoms with Crippen molar-refractivity contribution in [3.05, 3.63) is 30.1 Å². The Kier molecular flexibility index (Phi) is 3.58. The average Bonchev–Trinajstić information content (AvgIpc) is 2.36. The number of pyridine rings is 1. The Bertz CT molecular complexity index is 381. The van der Waals surface area contributed by atoms with Crippen LogP contribution in [-0.4, -0.2) is 47.5 Å². The molecule has 1 unspecified atom stereocenters. The minimum Gasteiger partial charge on any atom is -0.330 e. The van der Waals surface area contributed by atoms with Gasteiger partial charge in [-0.25, -0.2) is 4.79 Å². The number of nitrogens with two attached hydrogens (primary N) is 1. The maximum atomic E-state index is 12.0. The minimum atomic E-state index is 0.0681. The lowest BCUT2D eigenvalue weighted by Crippen LogP contribution is -2.52. The highest BCUT2D eigenvalue weighted by Gasteiger charge is 2.28. The van der Waals surface area contributed by atoms with Crippen LogP contribution in [0.4, 0.5) is 4.79 Å². The van der Waals surface area contributed by atoms with Gasteiger partial charge in [0.05, 0.1) is 0 Å². The first-order valence-electron chi connectivity index (χ1n) is 5.79. The smallest absolute Gasteiger partial charge is 0.320 e. The zero-order valence-corrected chi connectivity index (χ0v) is 10.0. The SMILES string of the molecule is CN1CC(CN)CN(Cc2cccnc2)C1=O. The van der Waals surface area contributed by atoms with Gasteiger partial charge in [-0.15, -0.1) is 0 Å². The highest BCUT2D eigenvalue weighted by molar-refractivity contribution is 5.75. The van der Waals surface area contributed by atoms with Crippen molar-refractivity contribution in [3.8, 4) is 0 Å². The molecule has 0 spiro atoms. The van der Waals surface area contributed by atoms with Crippen molar-refractivity contribution >= 4 is 6.03 Å². The van der Waals surface area contributed by atoms with Crippen LogP contribution in [-0.2, 0) is 6.54 Å². The van der Waals surface area contributed by atoms with Crippen LogP contribution in [0, 0.1) is 5.92 Å². The van der Waals surface area contributed by atoms with Crippen LogP contribution in [0.1, 0.15) is 5.56 Å². The summed E-state index contributed by atoms with van der Waals surface area (Å²) in [5, 5.41) is 0. The minimum absolute atomic E-state index is 0.0681. The van der Waals surface area contributed by atoms with Gasteiger partial charge in [-0.3, -0.25) is 4.98 Å². The van der Waals surface area contributed by atoms with E-state index in [2.05, 4.69) is 4.98 Å². The Hall–Kier alpha value is -1.62. The molecule has 0 bridgehead atoms. The van der Waals surface area contributed by atoms with Gasteiger partial charge in [-0.1, -0.05) is 6.07 Å². The summed E-state index contributed by atoms with van der Waals surface area (Å²) in [6, 6.07) is 3.93. The molecular formula is C12H18N4O. The van der Waals surface area contributed by atoms with Crippen LogP contribution < -0.4 is 5.73 Å². The molecule has 2 N–H and O–H groups in total. The van der Waals surface area contributed by atoms with Gasteiger partial charge in [-0.05, 0) is 18.2 Å². The van der Waals surface area contributed by atoms with Crippen LogP contribution in [0.2, 0.25) is 0 Å². The van der Waals surface area contributed by atoms with Crippen molar-refractivity contribution in [3.63, 3.8) is 0 Å². The molecule has 1 aromatic heterocycles. The van der Waals surface area contributed by atoms with Crippen molar-refractivity contribution in [1.29, 1.82) is 0 Å². The number of carbonyl (C=O) groups excluding carboxylic acids is 1. The molecule has 1 aromatic rings. The first-order chi connectivity index (χ1) is 8.20. The Labute approximate surface area is 101 Å². The standard InChI is InChI=1S/C12H18N4O/c1-15-7-11(5-13)9-16(12(15)17)8-10-3-2-4-14-6-10/h2-4,6,11H,5,7-9,13H2,1H3. The summed E-state index contributed by atoms with van der Waals surface area (Å²) in [5.74, 6) is 0.356. The number of hydrogen-bond donors (Lipinski definition) is 1. The van der Waals surface area contributed by atoms with Crippen LogP contribution in [0.15, 0.2) is 24.5 Å². The van der Waals surface area contributed by atoms with Gasteiger partial charge in [0.1, 0.15) is 0 Å². The summed E-state index contributed by atoms with van der Waals surface area (Å²) in [7, 11) is 1.82. The summed E-state index contributed by atoms with van der Waals surface area (Å²) in [4.78, 5) is 19.6. The number of amides is 2. The Morgan fingerprint density at radius 1 is 1.53 bits per heavy atom. The average molecular weight is 234 g/mol. The molecular weight excluding hydrogens is 216 g/mol. The van der Waals surface area contributed by atoms with Gasteiger partial charge in [0.2, 0.25) is 0 Å². The molecule has 0 aromatic carbocycles. The van der Waals surface area contributed by atoms with Gasteiger partial charge >= 0.3 is 6.03 Å². The van der Waals surface area contributed by atoms with Crippen molar-refractivity contribution in [2.75, 3.05) is 26.7 Å². The molecule has 1 aliphatic heterocycles. The molecule has 1 aliphatic rings. The van der Waals surface area contributed by atoms with E-state index in [1.807, 2.05) is 24.1 Å². The Balaban J connectivity index is 2.06. The molecule has 0 saturated carbocycles. The molecule has 0 radical (unpaired) electrons. The molecule has 5 nitrogen and oxygen atoms in total. The van der Waals surface area contributed by atoms with Gasteiger partial charge in [0, 0.05) is 45.0 Å². The van der Waals surface area contributed by atoms with E-state index in [-0.39, 0.29) is 6.03 Å². The van der Waals surface area contributed by atoms with Crippen LogP contribution in [0.25, 0.3) is 0 Å².